The van der Waals surface area contributed by atoms with Crippen molar-refractivity contribution in [1.29, 1.82) is 0 Å². The Morgan fingerprint density at radius 3 is 2.50 bits per heavy atom. The minimum Gasteiger partial charge on any atom is -0.373 e. The quantitative estimate of drug-likeness (QED) is 0.660. The molecule has 0 aliphatic heterocycles. The largest absolute Gasteiger partial charge is 0.373 e. The van der Waals surface area contributed by atoms with E-state index in [1.807, 2.05) is 13.8 Å². The first-order chi connectivity index (χ1) is 5.57. The summed E-state index contributed by atoms with van der Waals surface area (Å²) >= 11 is 0. The van der Waals surface area contributed by atoms with Crippen molar-refractivity contribution in [3.8, 4) is 0 Å². The summed E-state index contributed by atoms with van der Waals surface area (Å²) in [6.07, 6.45) is 0. The van der Waals surface area contributed by atoms with Gasteiger partial charge in [0, 0.05) is 25.4 Å². The van der Waals surface area contributed by atoms with Crippen molar-refractivity contribution in [2.75, 3.05) is 12.4 Å². The van der Waals surface area contributed by atoms with Crippen molar-refractivity contribution >= 4 is 5.82 Å². The lowest BCUT2D eigenvalue weighted by Gasteiger charge is -2.09. The molecule has 12 heavy (non-hydrogen) atoms. The van der Waals surface area contributed by atoms with E-state index >= 15 is 0 Å². The molecule has 66 valence electrons. The summed E-state index contributed by atoms with van der Waals surface area (Å²) < 4.78 is 1.54. The van der Waals surface area contributed by atoms with Gasteiger partial charge in [-0.05, 0) is 13.8 Å². The van der Waals surface area contributed by atoms with Gasteiger partial charge in [-0.3, -0.25) is 4.57 Å². The van der Waals surface area contributed by atoms with Crippen molar-refractivity contribution in [2.45, 2.75) is 13.8 Å². The lowest BCUT2D eigenvalue weighted by Crippen LogP contribution is -2.24. The molecule has 4 nitrogen and oxygen atoms in total. The Morgan fingerprint density at radius 2 is 2.00 bits per heavy atom. The van der Waals surface area contributed by atoms with Gasteiger partial charge in [-0.25, -0.2) is 4.79 Å². The fourth-order valence-corrected chi connectivity index (χ4v) is 1.06. The van der Waals surface area contributed by atoms with Gasteiger partial charge in [0.25, 0.3) is 0 Å². The molecule has 0 amide bonds. The van der Waals surface area contributed by atoms with Crippen molar-refractivity contribution in [2.24, 2.45) is 7.05 Å². The highest BCUT2D eigenvalue weighted by molar-refractivity contribution is 5.43. The molecule has 0 aromatic carbocycles. The molecule has 0 atom stereocenters. The highest BCUT2D eigenvalue weighted by Crippen LogP contribution is 2.10. The van der Waals surface area contributed by atoms with Crippen LogP contribution in [0.25, 0.3) is 0 Å². The molecule has 0 saturated carbocycles. The smallest absolute Gasteiger partial charge is 0.349 e. The van der Waals surface area contributed by atoms with Crippen LogP contribution in [-0.2, 0) is 7.05 Å². The first kappa shape index (κ1) is 8.77. The maximum absolute atomic E-state index is 11.2. The molecule has 0 radical (unpaired) electrons. The summed E-state index contributed by atoms with van der Waals surface area (Å²) in [5, 5.41) is 2.88. The summed E-state index contributed by atoms with van der Waals surface area (Å²) in [7, 11) is 3.48. The van der Waals surface area contributed by atoms with Crippen LogP contribution >= 0.6 is 0 Å². The van der Waals surface area contributed by atoms with Gasteiger partial charge in [0.1, 0.15) is 5.82 Å². The van der Waals surface area contributed by atoms with E-state index in [0.717, 1.165) is 11.3 Å². The van der Waals surface area contributed by atoms with Gasteiger partial charge >= 0.3 is 5.69 Å². The molecule has 1 N–H and O–H groups in total. The predicted molar refractivity (Wildman–Crippen MR) is 48.5 cm³/mol. The zero-order chi connectivity index (χ0) is 9.30. The maximum Gasteiger partial charge on any atom is 0.349 e. The number of rotatable bonds is 1. The highest BCUT2D eigenvalue weighted by atomic mass is 16.1. The fraction of sp³-hybridized carbons (Fsp3) is 0.500. The van der Waals surface area contributed by atoms with Crippen LogP contribution in [0.5, 0.6) is 0 Å². The van der Waals surface area contributed by atoms with E-state index in [2.05, 4.69) is 10.3 Å². The Labute approximate surface area is 71.3 Å². The van der Waals surface area contributed by atoms with Crippen molar-refractivity contribution in [1.82, 2.24) is 9.55 Å². The Kier molecular flexibility index (Phi) is 2.17. The van der Waals surface area contributed by atoms with E-state index in [-0.39, 0.29) is 5.69 Å². The summed E-state index contributed by atoms with van der Waals surface area (Å²) in [5.74, 6) is 0.663. The normalized spacial score (nSPS) is 10.0. The van der Waals surface area contributed by atoms with Gasteiger partial charge < -0.3 is 5.32 Å². The second kappa shape index (κ2) is 2.97. The summed E-state index contributed by atoms with van der Waals surface area (Å²) in [5.41, 5.74) is 1.74. The number of aromatic nitrogens is 2. The van der Waals surface area contributed by atoms with Crippen LogP contribution in [0.15, 0.2) is 4.79 Å². The molecular weight excluding hydrogens is 154 g/mol. The molecule has 0 saturated heterocycles. The lowest BCUT2D eigenvalue weighted by molar-refractivity contribution is 0.767. The monoisotopic (exact) mass is 167 g/mol. The second-order valence-electron chi connectivity index (χ2n) is 2.76. The summed E-state index contributed by atoms with van der Waals surface area (Å²) in [6, 6.07) is 0. The molecule has 0 fully saturated rings. The third-order valence-corrected chi connectivity index (χ3v) is 2.13. The zero-order valence-electron chi connectivity index (χ0n) is 7.80. The number of anilines is 1. The molecule has 0 unspecified atom stereocenters. The lowest BCUT2D eigenvalue weighted by atomic mass is 10.2. The van der Waals surface area contributed by atoms with E-state index in [4.69, 9.17) is 0 Å². The Hall–Kier alpha value is -1.32. The van der Waals surface area contributed by atoms with Crippen LogP contribution in [0.3, 0.4) is 0 Å². The van der Waals surface area contributed by atoms with Crippen molar-refractivity contribution in [3.05, 3.63) is 21.7 Å². The zero-order valence-corrected chi connectivity index (χ0v) is 7.80. The SMILES string of the molecule is CNc1nc(=O)n(C)c(C)c1C. The molecule has 4 heteroatoms. The van der Waals surface area contributed by atoms with Crippen LogP contribution < -0.4 is 11.0 Å². The molecule has 0 bridgehead atoms. The minimum atomic E-state index is -0.220. The average molecular weight is 167 g/mol. The van der Waals surface area contributed by atoms with Crippen LogP contribution in [0, 0.1) is 13.8 Å². The van der Waals surface area contributed by atoms with E-state index in [0.29, 0.717) is 5.82 Å². The van der Waals surface area contributed by atoms with E-state index < -0.39 is 0 Å². The Bertz CT molecular complexity index is 354. The Balaban J connectivity index is 3.50. The van der Waals surface area contributed by atoms with E-state index in [1.165, 1.54) is 4.57 Å². The maximum atomic E-state index is 11.2. The molecule has 0 spiro atoms. The van der Waals surface area contributed by atoms with Crippen LogP contribution in [0.4, 0.5) is 5.82 Å². The molecule has 0 aliphatic carbocycles. The van der Waals surface area contributed by atoms with E-state index in [9.17, 15) is 4.79 Å². The molecule has 1 aromatic heterocycles. The third kappa shape index (κ3) is 1.20. The minimum absolute atomic E-state index is 0.220. The summed E-state index contributed by atoms with van der Waals surface area (Å²) in [6.45, 7) is 3.84. The molecule has 1 aromatic rings. The second-order valence-corrected chi connectivity index (χ2v) is 2.76. The van der Waals surface area contributed by atoms with Gasteiger partial charge in [-0.1, -0.05) is 0 Å². The van der Waals surface area contributed by atoms with Gasteiger partial charge in [-0.2, -0.15) is 4.98 Å². The fourth-order valence-electron chi connectivity index (χ4n) is 1.06. The number of hydrogen-bond acceptors (Lipinski definition) is 3. The number of nitrogens with zero attached hydrogens (tertiary/aromatic N) is 2. The molecule has 1 heterocycles. The van der Waals surface area contributed by atoms with Crippen molar-refractivity contribution in [3.63, 3.8) is 0 Å². The average Bonchev–Trinajstić information content (AvgIpc) is 2.08. The predicted octanol–water partition coefficient (Wildman–Crippen LogP) is 0.439. The van der Waals surface area contributed by atoms with E-state index in [1.54, 1.807) is 14.1 Å². The molecule has 1 rings (SSSR count). The van der Waals surface area contributed by atoms with Crippen LogP contribution in [0.2, 0.25) is 0 Å². The van der Waals surface area contributed by atoms with Gasteiger partial charge in [0.15, 0.2) is 0 Å². The molecular formula is C8H13N3O. The van der Waals surface area contributed by atoms with Crippen molar-refractivity contribution < 1.29 is 0 Å². The van der Waals surface area contributed by atoms with Gasteiger partial charge in [-0.15, -0.1) is 0 Å². The van der Waals surface area contributed by atoms with Crippen LogP contribution in [0.1, 0.15) is 11.3 Å². The first-order valence-corrected chi connectivity index (χ1v) is 3.80. The topological polar surface area (TPSA) is 46.9 Å². The van der Waals surface area contributed by atoms with Gasteiger partial charge in [0.2, 0.25) is 0 Å². The number of hydrogen-bond donors (Lipinski definition) is 1. The highest BCUT2D eigenvalue weighted by Gasteiger charge is 2.05. The first-order valence-electron chi connectivity index (χ1n) is 3.80. The van der Waals surface area contributed by atoms with Gasteiger partial charge in [0.05, 0.1) is 0 Å². The standard InChI is InChI=1S/C8H13N3O/c1-5-6(2)11(4)8(12)10-7(5)9-3/h1-4H3,(H,9,10,12). The number of nitrogens with one attached hydrogen (secondary N) is 1. The summed E-state index contributed by atoms with van der Waals surface area (Å²) in [4.78, 5) is 15.0. The van der Waals surface area contributed by atoms with Crippen LogP contribution in [-0.4, -0.2) is 16.6 Å². The molecule has 0 aliphatic rings. The third-order valence-electron chi connectivity index (χ3n) is 2.13. The Morgan fingerprint density at radius 1 is 1.42 bits per heavy atom.